The third-order valence-electron chi connectivity index (χ3n) is 2.69. The van der Waals surface area contributed by atoms with Crippen LogP contribution in [0.25, 0.3) is 0 Å². The summed E-state index contributed by atoms with van der Waals surface area (Å²) < 4.78 is 0. The van der Waals surface area contributed by atoms with Gasteiger partial charge in [0.05, 0.1) is 0 Å². The van der Waals surface area contributed by atoms with Crippen LogP contribution in [0.15, 0.2) is 0 Å². The van der Waals surface area contributed by atoms with Gasteiger partial charge in [0.2, 0.25) is 5.91 Å². The fourth-order valence-electron chi connectivity index (χ4n) is 2.08. The summed E-state index contributed by atoms with van der Waals surface area (Å²) in [6.45, 7) is 18.9. The Morgan fingerprint density at radius 1 is 0.812 bits per heavy atom. The average Bonchev–Trinajstić information content (AvgIpc) is 1.92. The maximum Gasteiger partial charge on any atom is 0.225 e. The first-order chi connectivity index (χ1) is 6.76. The number of carbonyl (C=O) groups is 1. The van der Waals surface area contributed by atoms with E-state index in [1.165, 1.54) is 0 Å². The first-order valence-corrected chi connectivity index (χ1v) is 6.07. The first kappa shape index (κ1) is 15.5. The van der Waals surface area contributed by atoms with Gasteiger partial charge in [-0.15, -0.1) is 0 Å². The van der Waals surface area contributed by atoms with Crippen molar-refractivity contribution in [1.29, 1.82) is 0 Å². The molecule has 0 unspecified atom stereocenters. The molecule has 0 radical (unpaired) electrons. The summed E-state index contributed by atoms with van der Waals surface area (Å²) in [5, 5.41) is 3.20. The summed E-state index contributed by atoms with van der Waals surface area (Å²) in [6.07, 6.45) is 0. The molecule has 0 atom stereocenters. The summed E-state index contributed by atoms with van der Waals surface area (Å²) in [4.78, 5) is 12.1. The van der Waals surface area contributed by atoms with E-state index in [4.69, 9.17) is 0 Å². The molecular formula is C14H29NO. The highest BCUT2D eigenvalue weighted by atomic mass is 16.2. The topological polar surface area (TPSA) is 29.1 Å². The van der Waals surface area contributed by atoms with Gasteiger partial charge >= 0.3 is 0 Å². The second-order valence-corrected chi connectivity index (χ2v) is 7.89. The molecule has 0 rings (SSSR count). The SMILES string of the molecule is CC(C)(C)C(=O)NC(C(C)(C)C)C(C)(C)C. The van der Waals surface area contributed by atoms with Crippen molar-refractivity contribution in [1.82, 2.24) is 5.32 Å². The van der Waals surface area contributed by atoms with Crippen LogP contribution in [0.5, 0.6) is 0 Å². The van der Waals surface area contributed by atoms with Gasteiger partial charge < -0.3 is 5.32 Å². The van der Waals surface area contributed by atoms with Gasteiger partial charge in [0.25, 0.3) is 0 Å². The van der Waals surface area contributed by atoms with Gasteiger partial charge in [-0.1, -0.05) is 62.3 Å². The molecule has 0 aliphatic heterocycles. The van der Waals surface area contributed by atoms with Crippen molar-refractivity contribution in [2.24, 2.45) is 16.2 Å². The van der Waals surface area contributed by atoms with E-state index in [1.807, 2.05) is 20.8 Å². The molecule has 1 amide bonds. The minimum absolute atomic E-state index is 0.0686. The molecule has 0 heterocycles. The van der Waals surface area contributed by atoms with E-state index in [0.717, 1.165) is 0 Å². The molecule has 0 aromatic heterocycles. The second-order valence-electron chi connectivity index (χ2n) is 7.89. The molecule has 96 valence electrons. The van der Waals surface area contributed by atoms with Crippen molar-refractivity contribution >= 4 is 5.91 Å². The van der Waals surface area contributed by atoms with Crippen LogP contribution in [0.4, 0.5) is 0 Å². The van der Waals surface area contributed by atoms with Crippen LogP contribution in [0, 0.1) is 16.2 Å². The van der Waals surface area contributed by atoms with Crippen molar-refractivity contribution in [2.75, 3.05) is 0 Å². The third kappa shape index (κ3) is 4.54. The van der Waals surface area contributed by atoms with E-state index in [2.05, 4.69) is 46.9 Å². The van der Waals surface area contributed by atoms with Crippen molar-refractivity contribution in [3.05, 3.63) is 0 Å². The minimum Gasteiger partial charge on any atom is -0.352 e. The van der Waals surface area contributed by atoms with Crippen LogP contribution in [-0.2, 0) is 4.79 Å². The normalized spacial score (nSPS) is 14.1. The summed E-state index contributed by atoms with van der Waals surface area (Å²) in [7, 11) is 0. The van der Waals surface area contributed by atoms with Crippen LogP contribution in [0.1, 0.15) is 62.3 Å². The molecule has 0 saturated heterocycles. The Hall–Kier alpha value is -0.530. The van der Waals surface area contributed by atoms with E-state index >= 15 is 0 Å². The summed E-state index contributed by atoms with van der Waals surface area (Å²) >= 11 is 0. The Labute approximate surface area is 101 Å². The van der Waals surface area contributed by atoms with Gasteiger partial charge in [-0.3, -0.25) is 4.79 Å². The molecule has 0 bridgehead atoms. The van der Waals surface area contributed by atoms with E-state index in [1.54, 1.807) is 0 Å². The average molecular weight is 227 g/mol. The second kappa shape index (κ2) is 4.38. The lowest BCUT2D eigenvalue weighted by Gasteiger charge is -2.42. The lowest BCUT2D eigenvalue weighted by Crippen LogP contribution is -2.54. The zero-order chi connectivity index (χ0) is 13.4. The number of carbonyl (C=O) groups excluding carboxylic acids is 1. The molecule has 0 fully saturated rings. The van der Waals surface area contributed by atoms with Gasteiger partial charge in [0.15, 0.2) is 0 Å². The molecule has 16 heavy (non-hydrogen) atoms. The molecule has 2 nitrogen and oxygen atoms in total. The van der Waals surface area contributed by atoms with E-state index < -0.39 is 0 Å². The van der Waals surface area contributed by atoms with Crippen LogP contribution in [-0.4, -0.2) is 11.9 Å². The molecule has 0 aromatic carbocycles. The Kier molecular flexibility index (Phi) is 4.24. The monoisotopic (exact) mass is 227 g/mol. The Morgan fingerprint density at radius 2 is 1.12 bits per heavy atom. The van der Waals surface area contributed by atoms with Crippen LogP contribution < -0.4 is 5.32 Å². The molecule has 0 aromatic rings. The number of hydrogen-bond acceptors (Lipinski definition) is 1. The Balaban J connectivity index is 4.93. The largest absolute Gasteiger partial charge is 0.352 e. The first-order valence-electron chi connectivity index (χ1n) is 6.07. The highest BCUT2D eigenvalue weighted by molar-refractivity contribution is 5.81. The lowest BCUT2D eigenvalue weighted by molar-refractivity contribution is -0.131. The minimum atomic E-state index is -0.325. The van der Waals surface area contributed by atoms with Gasteiger partial charge in [-0.25, -0.2) is 0 Å². The van der Waals surface area contributed by atoms with Gasteiger partial charge in [0.1, 0.15) is 0 Å². The maximum atomic E-state index is 12.1. The van der Waals surface area contributed by atoms with Crippen LogP contribution in [0.2, 0.25) is 0 Å². The fraction of sp³-hybridized carbons (Fsp3) is 0.929. The lowest BCUT2D eigenvalue weighted by atomic mass is 9.71. The van der Waals surface area contributed by atoms with E-state index in [0.29, 0.717) is 0 Å². The fourth-order valence-corrected chi connectivity index (χ4v) is 2.08. The van der Waals surface area contributed by atoms with E-state index in [9.17, 15) is 4.79 Å². The molecule has 1 N–H and O–H groups in total. The van der Waals surface area contributed by atoms with E-state index in [-0.39, 0.29) is 28.2 Å². The molecule has 0 aliphatic carbocycles. The molecule has 0 saturated carbocycles. The smallest absolute Gasteiger partial charge is 0.225 e. The van der Waals surface area contributed by atoms with Crippen molar-refractivity contribution in [3.63, 3.8) is 0 Å². The third-order valence-corrected chi connectivity index (χ3v) is 2.69. The summed E-state index contributed by atoms with van der Waals surface area (Å²) in [5.41, 5.74) is -0.187. The standard InChI is InChI=1S/C14H29NO/c1-12(2,3)10(13(4,5)6)15-11(16)14(7,8)9/h10H,1-9H3,(H,15,16). The molecule has 0 aliphatic rings. The van der Waals surface area contributed by atoms with Crippen LogP contribution >= 0.6 is 0 Å². The highest BCUT2D eigenvalue weighted by Crippen LogP contribution is 2.34. The number of rotatable bonds is 1. The van der Waals surface area contributed by atoms with Gasteiger partial charge in [0, 0.05) is 11.5 Å². The number of amides is 1. The Morgan fingerprint density at radius 3 is 1.31 bits per heavy atom. The van der Waals surface area contributed by atoms with Gasteiger partial charge in [-0.05, 0) is 10.8 Å². The quantitative estimate of drug-likeness (QED) is 0.728. The molecular weight excluding hydrogens is 198 g/mol. The number of hydrogen-bond donors (Lipinski definition) is 1. The summed E-state index contributed by atoms with van der Waals surface area (Å²) in [5.74, 6) is 0.127. The predicted octanol–water partition coefficient (Wildman–Crippen LogP) is 3.61. The van der Waals surface area contributed by atoms with Crippen LogP contribution in [0.3, 0.4) is 0 Å². The summed E-state index contributed by atoms with van der Waals surface area (Å²) in [6, 6.07) is 0.173. The molecule has 2 heteroatoms. The maximum absolute atomic E-state index is 12.1. The predicted molar refractivity (Wildman–Crippen MR) is 70.3 cm³/mol. The Bertz CT molecular complexity index is 233. The van der Waals surface area contributed by atoms with Gasteiger partial charge in [-0.2, -0.15) is 0 Å². The highest BCUT2D eigenvalue weighted by Gasteiger charge is 2.37. The zero-order valence-electron chi connectivity index (χ0n) is 12.5. The van der Waals surface area contributed by atoms with Crippen molar-refractivity contribution < 1.29 is 4.79 Å². The molecule has 0 spiro atoms. The zero-order valence-corrected chi connectivity index (χ0v) is 12.5. The van der Waals surface area contributed by atoms with Crippen molar-refractivity contribution in [3.8, 4) is 0 Å². The number of nitrogens with one attached hydrogen (secondary N) is 1. The van der Waals surface area contributed by atoms with Crippen molar-refractivity contribution in [2.45, 2.75) is 68.4 Å².